The Morgan fingerprint density at radius 2 is 1.89 bits per heavy atom. The molecule has 0 amide bonds. The molecule has 0 unspecified atom stereocenters. The van der Waals surface area contributed by atoms with Crippen LogP contribution in [0.1, 0.15) is 37.7 Å². The van der Waals surface area contributed by atoms with Crippen LogP contribution < -0.4 is 14.8 Å². The van der Waals surface area contributed by atoms with Gasteiger partial charge in [0.15, 0.2) is 11.5 Å². The number of hydrogen-bond acceptors (Lipinski definition) is 3. The average molecular weight is 261 g/mol. The monoisotopic (exact) mass is 261 g/mol. The molecule has 0 aromatic heterocycles. The maximum atomic E-state index is 5.73. The van der Waals surface area contributed by atoms with E-state index in [1.807, 2.05) is 12.1 Å². The Bertz CT molecular complexity index is 413. The van der Waals surface area contributed by atoms with Gasteiger partial charge >= 0.3 is 0 Å². The molecule has 0 atom stereocenters. The molecular formula is C16H23NO2. The lowest BCUT2D eigenvalue weighted by molar-refractivity contribution is 0.169. The fourth-order valence-corrected chi connectivity index (χ4v) is 3.08. The highest BCUT2D eigenvalue weighted by atomic mass is 16.6. The molecule has 104 valence electrons. The van der Waals surface area contributed by atoms with Crippen LogP contribution in [0.4, 0.5) is 0 Å². The second-order valence-electron chi connectivity index (χ2n) is 5.58. The molecule has 1 heterocycles. The zero-order chi connectivity index (χ0) is 12.9. The van der Waals surface area contributed by atoms with Gasteiger partial charge in [-0.25, -0.2) is 0 Å². The van der Waals surface area contributed by atoms with Crippen LogP contribution in [-0.2, 0) is 6.54 Å². The Morgan fingerprint density at radius 3 is 2.79 bits per heavy atom. The molecule has 0 spiro atoms. The highest BCUT2D eigenvalue weighted by Gasteiger charge is 2.16. The number of hydrogen-bond donors (Lipinski definition) is 1. The van der Waals surface area contributed by atoms with Crippen molar-refractivity contribution < 1.29 is 9.47 Å². The van der Waals surface area contributed by atoms with Gasteiger partial charge in [0.25, 0.3) is 0 Å². The van der Waals surface area contributed by atoms with E-state index in [9.17, 15) is 0 Å². The summed E-state index contributed by atoms with van der Waals surface area (Å²) in [5, 5.41) is 3.59. The van der Waals surface area contributed by atoms with E-state index in [1.165, 1.54) is 37.7 Å². The molecule has 1 saturated carbocycles. The maximum Gasteiger partial charge on any atom is 0.165 e. The fourth-order valence-electron chi connectivity index (χ4n) is 3.08. The van der Waals surface area contributed by atoms with Crippen molar-refractivity contribution in [3.63, 3.8) is 0 Å². The third-order valence-corrected chi connectivity index (χ3v) is 4.12. The molecule has 1 aromatic rings. The van der Waals surface area contributed by atoms with Crippen LogP contribution in [0.25, 0.3) is 0 Å². The Hall–Kier alpha value is -1.22. The smallest absolute Gasteiger partial charge is 0.165 e. The molecular weight excluding hydrogens is 238 g/mol. The van der Waals surface area contributed by atoms with Gasteiger partial charge in [0.1, 0.15) is 13.2 Å². The predicted molar refractivity (Wildman–Crippen MR) is 75.7 cm³/mol. The lowest BCUT2D eigenvalue weighted by Gasteiger charge is -2.23. The van der Waals surface area contributed by atoms with Gasteiger partial charge in [-0.1, -0.05) is 31.4 Å². The predicted octanol–water partition coefficient (Wildman–Crippen LogP) is 3.13. The van der Waals surface area contributed by atoms with Gasteiger partial charge in [-0.05, 0) is 31.4 Å². The van der Waals surface area contributed by atoms with Crippen LogP contribution in [0.15, 0.2) is 18.2 Å². The van der Waals surface area contributed by atoms with E-state index in [0.29, 0.717) is 13.2 Å². The third-order valence-electron chi connectivity index (χ3n) is 4.12. The Balaban J connectivity index is 1.54. The Labute approximate surface area is 115 Å². The fraction of sp³-hybridized carbons (Fsp3) is 0.625. The first kappa shape index (κ1) is 12.8. The number of ether oxygens (including phenoxy) is 2. The van der Waals surface area contributed by atoms with Crippen LogP contribution in [-0.4, -0.2) is 19.8 Å². The van der Waals surface area contributed by atoms with E-state index >= 15 is 0 Å². The summed E-state index contributed by atoms with van der Waals surface area (Å²) in [6.45, 7) is 3.33. The van der Waals surface area contributed by atoms with E-state index in [2.05, 4.69) is 11.4 Å². The van der Waals surface area contributed by atoms with Gasteiger partial charge in [0.2, 0.25) is 0 Å². The number of fused-ring (bicyclic) bond motifs is 1. The van der Waals surface area contributed by atoms with Crippen LogP contribution >= 0.6 is 0 Å². The minimum Gasteiger partial charge on any atom is -0.486 e. The van der Waals surface area contributed by atoms with Gasteiger partial charge in [-0.2, -0.15) is 0 Å². The topological polar surface area (TPSA) is 30.5 Å². The molecule has 3 rings (SSSR count). The van der Waals surface area contributed by atoms with Crippen molar-refractivity contribution in [2.75, 3.05) is 19.8 Å². The molecule has 3 nitrogen and oxygen atoms in total. The molecule has 19 heavy (non-hydrogen) atoms. The molecule has 2 aliphatic rings. The second-order valence-corrected chi connectivity index (χ2v) is 5.58. The first-order valence-electron chi connectivity index (χ1n) is 7.52. The summed E-state index contributed by atoms with van der Waals surface area (Å²) in [5.41, 5.74) is 1.22. The summed E-state index contributed by atoms with van der Waals surface area (Å²) in [6.07, 6.45) is 7.01. The number of rotatable bonds is 4. The first-order chi connectivity index (χ1) is 9.43. The van der Waals surface area contributed by atoms with Gasteiger partial charge in [-0.3, -0.25) is 0 Å². The van der Waals surface area contributed by atoms with Gasteiger partial charge in [0, 0.05) is 12.1 Å². The minimum atomic E-state index is 0.659. The van der Waals surface area contributed by atoms with Crippen LogP contribution in [0.2, 0.25) is 0 Å². The van der Waals surface area contributed by atoms with Gasteiger partial charge < -0.3 is 14.8 Å². The molecule has 1 fully saturated rings. The molecule has 3 heteroatoms. The van der Waals surface area contributed by atoms with Crippen LogP contribution in [0, 0.1) is 5.92 Å². The van der Waals surface area contributed by atoms with Crippen molar-refractivity contribution >= 4 is 0 Å². The van der Waals surface area contributed by atoms with Gasteiger partial charge in [0.05, 0.1) is 0 Å². The van der Waals surface area contributed by atoms with Crippen LogP contribution in [0.5, 0.6) is 11.5 Å². The minimum absolute atomic E-state index is 0.659. The van der Waals surface area contributed by atoms with Gasteiger partial charge in [-0.15, -0.1) is 0 Å². The number of para-hydroxylation sites is 1. The SMILES string of the molecule is c1cc(CNCC2CCCCC2)c2c(c1)OCCO2. The third kappa shape index (κ3) is 3.21. The standard InChI is InChI=1S/C16H23NO2/c1-2-5-13(6-3-1)11-17-12-14-7-4-8-15-16(14)19-10-9-18-15/h4,7-8,13,17H,1-3,5-6,9-12H2. The molecule has 1 aliphatic carbocycles. The molecule has 0 bridgehead atoms. The van der Waals surface area contributed by atoms with Crippen molar-refractivity contribution in [3.05, 3.63) is 23.8 Å². The summed E-state index contributed by atoms with van der Waals surface area (Å²) in [4.78, 5) is 0. The summed E-state index contributed by atoms with van der Waals surface area (Å²) >= 11 is 0. The zero-order valence-electron chi connectivity index (χ0n) is 11.5. The maximum absolute atomic E-state index is 5.73. The summed E-state index contributed by atoms with van der Waals surface area (Å²) in [7, 11) is 0. The lowest BCUT2D eigenvalue weighted by Crippen LogP contribution is -2.25. The van der Waals surface area contributed by atoms with E-state index in [-0.39, 0.29) is 0 Å². The summed E-state index contributed by atoms with van der Waals surface area (Å²) < 4.78 is 11.3. The summed E-state index contributed by atoms with van der Waals surface area (Å²) in [6, 6.07) is 6.16. The normalized spacial score (nSPS) is 19.4. The number of benzene rings is 1. The van der Waals surface area contributed by atoms with E-state index in [4.69, 9.17) is 9.47 Å². The summed E-state index contributed by atoms with van der Waals surface area (Å²) in [5.74, 6) is 2.69. The zero-order valence-corrected chi connectivity index (χ0v) is 11.5. The second kappa shape index (κ2) is 6.29. The largest absolute Gasteiger partial charge is 0.486 e. The molecule has 0 saturated heterocycles. The van der Waals surface area contributed by atoms with Crippen molar-refractivity contribution in [2.45, 2.75) is 38.6 Å². The van der Waals surface area contributed by atoms with E-state index in [1.54, 1.807) is 0 Å². The van der Waals surface area contributed by atoms with E-state index < -0.39 is 0 Å². The number of nitrogens with one attached hydrogen (secondary N) is 1. The highest BCUT2D eigenvalue weighted by Crippen LogP contribution is 2.33. The molecule has 1 aliphatic heterocycles. The highest BCUT2D eigenvalue weighted by molar-refractivity contribution is 5.47. The molecule has 0 radical (unpaired) electrons. The first-order valence-corrected chi connectivity index (χ1v) is 7.52. The van der Waals surface area contributed by atoms with Crippen molar-refractivity contribution in [2.24, 2.45) is 5.92 Å². The Morgan fingerprint density at radius 1 is 1.05 bits per heavy atom. The molecule has 1 N–H and O–H groups in total. The van der Waals surface area contributed by atoms with E-state index in [0.717, 1.165) is 30.5 Å². The van der Waals surface area contributed by atoms with Crippen molar-refractivity contribution in [1.29, 1.82) is 0 Å². The van der Waals surface area contributed by atoms with Crippen molar-refractivity contribution in [1.82, 2.24) is 5.32 Å². The lowest BCUT2D eigenvalue weighted by atomic mass is 9.89. The van der Waals surface area contributed by atoms with Crippen molar-refractivity contribution in [3.8, 4) is 11.5 Å². The average Bonchev–Trinajstić information content (AvgIpc) is 2.49. The quantitative estimate of drug-likeness (QED) is 0.903. The Kier molecular flexibility index (Phi) is 4.23. The molecule has 1 aromatic carbocycles. The van der Waals surface area contributed by atoms with Crippen LogP contribution in [0.3, 0.4) is 0 Å².